The number of thioether (sulfide) groups is 1. The fraction of sp³-hybridized carbons (Fsp3) is 0.304. The van der Waals surface area contributed by atoms with Gasteiger partial charge in [0.25, 0.3) is 0 Å². The Morgan fingerprint density at radius 2 is 2.00 bits per heavy atom. The molecule has 0 spiro atoms. The lowest BCUT2D eigenvalue weighted by molar-refractivity contribution is -0.147. The van der Waals surface area contributed by atoms with Crippen LogP contribution in [0.25, 0.3) is 10.9 Å². The second-order valence-electron chi connectivity index (χ2n) is 7.17. The molecule has 3 rings (SSSR count). The van der Waals surface area contributed by atoms with E-state index in [2.05, 4.69) is 0 Å². The zero-order valence-electron chi connectivity index (χ0n) is 17.4. The second-order valence-corrected chi connectivity index (χ2v) is 8.47. The molecule has 0 radical (unpaired) electrons. The van der Waals surface area contributed by atoms with Crippen LogP contribution < -0.4 is 0 Å². The predicted molar refractivity (Wildman–Crippen MR) is 122 cm³/mol. The lowest BCUT2D eigenvalue weighted by atomic mass is 9.81. The van der Waals surface area contributed by atoms with Crippen LogP contribution in [0.1, 0.15) is 36.5 Å². The summed E-state index contributed by atoms with van der Waals surface area (Å²) in [7, 11) is 0. The van der Waals surface area contributed by atoms with Crippen LogP contribution in [0, 0.1) is 11.7 Å². The minimum Gasteiger partial charge on any atom is -0.466 e. The molecule has 1 N–H and O–H groups in total. The number of carbonyl (C=O) groups excluding carboxylic acids is 1. The maximum absolute atomic E-state index is 15.0. The van der Waals surface area contributed by atoms with Gasteiger partial charge in [-0.3, -0.25) is 9.36 Å². The normalized spacial score (nSPS) is 13.2. The number of hydrogen-bond acceptors (Lipinski definition) is 4. The van der Waals surface area contributed by atoms with Crippen molar-refractivity contribution in [2.75, 3.05) is 12.9 Å². The third-order valence-corrected chi connectivity index (χ3v) is 6.07. The van der Waals surface area contributed by atoms with Gasteiger partial charge >= 0.3 is 12.1 Å². The van der Waals surface area contributed by atoms with E-state index in [-0.39, 0.29) is 17.2 Å². The van der Waals surface area contributed by atoms with Crippen LogP contribution in [0.4, 0.5) is 9.18 Å². The van der Waals surface area contributed by atoms with Crippen molar-refractivity contribution in [1.29, 1.82) is 0 Å². The zero-order valence-corrected chi connectivity index (χ0v) is 19.0. The summed E-state index contributed by atoms with van der Waals surface area (Å²) in [4.78, 5) is 24.7. The van der Waals surface area contributed by atoms with Gasteiger partial charge in [0.05, 0.1) is 18.0 Å². The van der Waals surface area contributed by atoms with Crippen molar-refractivity contribution in [2.24, 2.45) is 5.92 Å². The number of aromatic nitrogens is 1. The van der Waals surface area contributed by atoms with Gasteiger partial charge in [0.1, 0.15) is 5.82 Å². The van der Waals surface area contributed by atoms with E-state index in [0.29, 0.717) is 22.2 Å². The molecule has 5 nitrogen and oxygen atoms in total. The van der Waals surface area contributed by atoms with E-state index in [1.165, 1.54) is 18.3 Å². The van der Waals surface area contributed by atoms with Gasteiger partial charge in [0, 0.05) is 28.3 Å². The lowest BCUT2D eigenvalue weighted by Gasteiger charge is -2.23. The first-order valence-electron chi connectivity index (χ1n) is 9.76. The third kappa shape index (κ3) is 4.57. The van der Waals surface area contributed by atoms with Gasteiger partial charge in [-0.1, -0.05) is 42.8 Å². The molecular formula is C23H23ClFNO4S. The number of carbonyl (C=O) groups is 2. The minimum atomic E-state index is -1.15. The highest BCUT2D eigenvalue weighted by Crippen LogP contribution is 2.40. The van der Waals surface area contributed by atoms with Gasteiger partial charge < -0.3 is 9.84 Å². The topological polar surface area (TPSA) is 68.5 Å². The molecule has 0 fully saturated rings. The Bertz CT molecular complexity index is 1130. The number of fused-ring (bicyclic) bond motifs is 1. The van der Waals surface area contributed by atoms with Crippen LogP contribution in [0.15, 0.2) is 42.6 Å². The van der Waals surface area contributed by atoms with Crippen molar-refractivity contribution in [3.63, 3.8) is 0 Å². The van der Waals surface area contributed by atoms with Crippen molar-refractivity contribution in [2.45, 2.75) is 25.5 Å². The first-order valence-corrected chi connectivity index (χ1v) is 11.5. The Hall–Kier alpha value is -2.51. The highest BCUT2D eigenvalue weighted by atomic mass is 35.5. The van der Waals surface area contributed by atoms with E-state index in [4.69, 9.17) is 16.3 Å². The van der Waals surface area contributed by atoms with Gasteiger partial charge in [-0.15, -0.1) is 0 Å². The number of esters is 1. The summed E-state index contributed by atoms with van der Waals surface area (Å²) < 4.78 is 21.4. The number of halogens is 2. The van der Waals surface area contributed by atoms with Crippen LogP contribution in [0.5, 0.6) is 0 Å². The molecule has 164 valence electrons. The van der Waals surface area contributed by atoms with Crippen LogP contribution >= 0.6 is 23.4 Å². The monoisotopic (exact) mass is 463 g/mol. The Morgan fingerprint density at radius 1 is 1.26 bits per heavy atom. The Labute approximate surface area is 189 Å². The average Bonchev–Trinajstić information content (AvgIpc) is 3.11. The van der Waals surface area contributed by atoms with Gasteiger partial charge in [0.2, 0.25) is 0 Å². The van der Waals surface area contributed by atoms with Crippen molar-refractivity contribution in [3.8, 4) is 0 Å². The molecule has 8 heteroatoms. The van der Waals surface area contributed by atoms with Gasteiger partial charge in [-0.25, -0.2) is 9.18 Å². The molecule has 31 heavy (non-hydrogen) atoms. The zero-order chi connectivity index (χ0) is 22.7. The minimum absolute atomic E-state index is 0.188. The molecule has 0 amide bonds. The number of ether oxygens (including phenoxy) is 1. The lowest BCUT2D eigenvalue weighted by Crippen LogP contribution is -2.23. The fourth-order valence-corrected chi connectivity index (χ4v) is 4.63. The van der Waals surface area contributed by atoms with Crippen LogP contribution in [0.2, 0.25) is 5.02 Å². The maximum atomic E-state index is 15.0. The molecule has 1 aromatic heterocycles. The van der Waals surface area contributed by atoms with Crippen LogP contribution in [0.3, 0.4) is 0 Å². The van der Waals surface area contributed by atoms with Crippen molar-refractivity contribution < 1.29 is 23.8 Å². The number of hydrogen-bond donors (Lipinski definition) is 1. The molecule has 3 aromatic rings. The number of carboxylic acid groups (broad SMARTS) is 1. The Kier molecular flexibility index (Phi) is 7.28. The number of nitrogens with zero attached hydrogens (tertiary/aromatic N) is 1. The summed E-state index contributed by atoms with van der Waals surface area (Å²) in [6.07, 6.45) is 2.26. The van der Waals surface area contributed by atoms with E-state index in [1.54, 1.807) is 37.7 Å². The molecule has 2 aromatic carbocycles. The Morgan fingerprint density at radius 3 is 2.61 bits per heavy atom. The SMILES string of the molecule is CCOC(=O)C(C)C(c1ccc(Cl)cc1F)c1cn(C(=O)O)c2c(CSC)cccc12. The average molecular weight is 464 g/mol. The molecule has 0 saturated carbocycles. The summed E-state index contributed by atoms with van der Waals surface area (Å²) in [5.74, 6) is -1.96. The molecular weight excluding hydrogens is 441 g/mol. The van der Waals surface area contributed by atoms with Crippen molar-refractivity contribution >= 4 is 46.3 Å². The second kappa shape index (κ2) is 9.75. The summed E-state index contributed by atoms with van der Waals surface area (Å²) in [5, 5.41) is 10.7. The van der Waals surface area contributed by atoms with Crippen molar-refractivity contribution in [3.05, 3.63) is 70.1 Å². The van der Waals surface area contributed by atoms with E-state index < -0.39 is 29.7 Å². The largest absolute Gasteiger partial charge is 0.466 e. The maximum Gasteiger partial charge on any atom is 0.416 e. The summed E-state index contributed by atoms with van der Waals surface area (Å²) in [6, 6.07) is 9.79. The molecule has 0 saturated heterocycles. The Balaban J connectivity index is 2.32. The summed E-state index contributed by atoms with van der Waals surface area (Å²) >= 11 is 7.51. The molecule has 0 aliphatic carbocycles. The number of rotatable bonds is 7. The predicted octanol–water partition coefficient (Wildman–Crippen LogP) is 6.15. The smallest absolute Gasteiger partial charge is 0.416 e. The first-order chi connectivity index (χ1) is 14.8. The van der Waals surface area contributed by atoms with E-state index in [1.807, 2.05) is 18.4 Å². The molecule has 2 unspecified atom stereocenters. The van der Waals surface area contributed by atoms with Crippen LogP contribution in [-0.2, 0) is 15.3 Å². The third-order valence-electron chi connectivity index (χ3n) is 5.24. The quantitative estimate of drug-likeness (QED) is 0.425. The van der Waals surface area contributed by atoms with E-state index in [0.717, 1.165) is 10.1 Å². The van der Waals surface area contributed by atoms with Crippen LogP contribution in [-0.4, -0.2) is 34.6 Å². The highest BCUT2D eigenvalue weighted by molar-refractivity contribution is 7.97. The highest BCUT2D eigenvalue weighted by Gasteiger charge is 2.33. The summed E-state index contributed by atoms with van der Waals surface area (Å²) in [6.45, 7) is 3.55. The van der Waals surface area contributed by atoms with Gasteiger partial charge in [-0.2, -0.15) is 11.8 Å². The van der Waals surface area contributed by atoms with Gasteiger partial charge in [0.15, 0.2) is 0 Å². The van der Waals surface area contributed by atoms with Gasteiger partial charge in [-0.05, 0) is 42.0 Å². The number of benzene rings is 2. The fourth-order valence-electron chi connectivity index (χ4n) is 3.92. The van der Waals surface area contributed by atoms with E-state index >= 15 is 0 Å². The molecule has 0 aliphatic heterocycles. The standard InChI is InChI=1S/C23H23ClFNO4S/c1-4-30-22(27)13(2)20(17-9-8-15(24)10-19(17)25)18-11-26(23(28)29)21-14(12-31-3)6-5-7-16(18)21/h5-11,13,20H,4,12H2,1-3H3,(H,28,29). The molecule has 0 aliphatic rings. The first kappa shape index (κ1) is 23.2. The molecule has 1 heterocycles. The molecule has 2 atom stereocenters. The van der Waals surface area contributed by atoms with E-state index in [9.17, 15) is 19.1 Å². The molecule has 0 bridgehead atoms. The van der Waals surface area contributed by atoms with Crippen molar-refractivity contribution in [1.82, 2.24) is 4.57 Å². The number of para-hydroxylation sites is 1. The summed E-state index contributed by atoms with van der Waals surface area (Å²) in [5.41, 5.74) is 2.18.